The molecule has 0 aromatic carbocycles. The minimum Gasteiger partial charge on any atom is -0.268 e. The van der Waals surface area contributed by atoms with Crippen molar-refractivity contribution < 1.29 is 0 Å². The molecule has 62 valence electrons. The molecule has 0 fully saturated rings. The highest BCUT2D eigenvalue weighted by atomic mass is 35.5. The summed E-state index contributed by atoms with van der Waals surface area (Å²) >= 11 is 5.91. The zero-order valence-electron chi connectivity index (χ0n) is 6.87. The lowest BCUT2D eigenvalue weighted by Gasteiger charge is -1.97. The maximum Gasteiger partial charge on any atom is 0.140 e. The van der Waals surface area contributed by atoms with E-state index in [0.29, 0.717) is 5.15 Å². The van der Waals surface area contributed by atoms with Crippen LogP contribution in [0.15, 0.2) is 12.3 Å². The largest absolute Gasteiger partial charge is 0.268 e. The Labute approximate surface area is 75.0 Å². The molecule has 0 amide bonds. The van der Waals surface area contributed by atoms with Gasteiger partial charge in [-0.2, -0.15) is 5.10 Å². The van der Waals surface area contributed by atoms with Crippen LogP contribution in [0.4, 0.5) is 0 Å². The number of nitrogens with zero attached hydrogens (tertiary/aromatic N) is 3. The monoisotopic (exact) mass is 181 g/mol. The van der Waals surface area contributed by atoms with E-state index in [9.17, 15) is 0 Å². The Bertz CT molecular complexity index is 433. The third-order valence-electron chi connectivity index (χ3n) is 1.83. The summed E-state index contributed by atoms with van der Waals surface area (Å²) < 4.78 is 1.79. The smallest absolute Gasteiger partial charge is 0.140 e. The number of aromatic nitrogens is 3. The average Bonchev–Trinajstić information content (AvgIpc) is 2.33. The van der Waals surface area contributed by atoms with E-state index in [1.165, 1.54) is 0 Å². The van der Waals surface area contributed by atoms with Gasteiger partial charge in [0, 0.05) is 12.7 Å². The number of fused-ring (bicyclic) bond motifs is 1. The lowest BCUT2D eigenvalue weighted by molar-refractivity contribution is 0.796. The van der Waals surface area contributed by atoms with E-state index in [1.807, 2.05) is 20.0 Å². The summed E-state index contributed by atoms with van der Waals surface area (Å²) in [5, 5.41) is 5.52. The lowest BCUT2D eigenvalue weighted by atomic mass is 10.3. The summed E-state index contributed by atoms with van der Waals surface area (Å²) in [6, 6.07) is 1.97. The molecular weight excluding hydrogens is 174 g/mol. The minimum absolute atomic E-state index is 0.526. The van der Waals surface area contributed by atoms with Gasteiger partial charge >= 0.3 is 0 Å². The van der Waals surface area contributed by atoms with E-state index < -0.39 is 0 Å². The average molecular weight is 182 g/mol. The van der Waals surface area contributed by atoms with Crippen LogP contribution in [0.3, 0.4) is 0 Å². The zero-order chi connectivity index (χ0) is 8.72. The Kier molecular flexibility index (Phi) is 1.54. The Hall–Kier alpha value is -1.09. The van der Waals surface area contributed by atoms with Crippen molar-refractivity contribution in [2.24, 2.45) is 7.05 Å². The van der Waals surface area contributed by atoms with E-state index in [2.05, 4.69) is 10.1 Å². The van der Waals surface area contributed by atoms with E-state index in [1.54, 1.807) is 10.9 Å². The molecule has 0 aliphatic carbocycles. The van der Waals surface area contributed by atoms with E-state index >= 15 is 0 Å². The van der Waals surface area contributed by atoms with Gasteiger partial charge in [0.25, 0.3) is 0 Å². The topological polar surface area (TPSA) is 30.7 Å². The summed E-state index contributed by atoms with van der Waals surface area (Å²) in [5.74, 6) is 0. The van der Waals surface area contributed by atoms with Gasteiger partial charge in [-0.1, -0.05) is 11.6 Å². The van der Waals surface area contributed by atoms with Crippen molar-refractivity contribution in [1.29, 1.82) is 0 Å². The highest BCUT2D eigenvalue weighted by molar-refractivity contribution is 6.34. The second-order valence-corrected chi connectivity index (χ2v) is 3.11. The maximum atomic E-state index is 5.91. The third kappa shape index (κ3) is 0.975. The van der Waals surface area contributed by atoms with Crippen molar-refractivity contribution in [1.82, 2.24) is 14.8 Å². The maximum absolute atomic E-state index is 5.91. The van der Waals surface area contributed by atoms with Gasteiger partial charge in [-0.25, -0.2) is 4.98 Å². The number of aryl methyl sites for hydroxylation is 2. The Morgan fingerprint density at radius 1 is 1.50 bits per heavy atom. The van der Waals surface area contributed by atoms with Crippen LogP contribution < -0.4 is 0 Å². The molecule has 0 saturated heterocycles. The molecule has 0 bridgehead atoms. The Morgan fingerprint density at radius 2 is 2.25 bits per heavy atom. The van der Waals surface area contributed by atoms with Gasteiger partial charge in [-0.3, -0.25) is 4.68 Å². The van der Waals surface area contributed by atoms with E-state index in [4.69, 9.17) is 11.6 Å². The predicted molar refractivity (Wildman–Crippen MR) is 48.3 cm³/mol. The molecule has 0 N–H and O–H groups in total. The van der Waals surface area contributed by atoms with Gasteiger partial charge in [0.15, 0.2) is 0 Å². The standard InChI is InChI=1S/C8H8ClN3/c1-5-3-7-6(8(9)11-5)4-10-12(7)2/h3-4H,1-2H3. The number of halogens is 1. The van der Waals surface area contributed by atoms with Crippen molar-refractivity contribution in [2.75, 3.05) is 0 Å². The number of hydrogen-bond donors (Lipinski definition) is 0. The van der Waals surface area contributed by atoms with E-state index in [0.717, 1.165) is 16.6 Å². The van der Waals surface area contributed by atoms with Crippen molar-refractivity contribution in [3.8, 4) is 0 Å². The second kappa shape index (κ2) is 2.45. The van der Waals surface area contributed by atoms with Gasteiger partial charge in [0.1, 0.15) is 5.15 Å². The summed E-state index contributed by atoms with van der Waals surface area (Å²) in [7, 11) is 1.89. The molecular formula is C8H8ClN3. The zero-order valence-corrected chi connectivity index (χ0v) is 7.63. The van der Waals surface area contributed by atoms with Crippen molar-refractivity contribution in [2.45, 2.75) is 6.92 Å². The minimum atomic E-state index is 0.526. The first-order valence-electron chi connectivity index (χ1n) is 3.63. The number of rotatable bonds is 0. The summed E-state index contributed by atoms with van der Waals surface area (Å²) in [6.45, 7) is 1.92. The molecule has 0 atom stereocenters. The summed E-state index contributed by atoms with van der Waals surface area (Å²) in [6.07, 6.45) is 1.73. The molecule has 4 heteroatoms. The first-order chi connectivity index (χ1) is 5.68. The highest BCUT2D eigenvalue weighted by Crippen LogP contribution is 2.20. The normalized spacial score (nSPS) is 10.9. The van der Waals surface area contributed by atoms with Crippen LogP contribution in [0.25, 0.3) is 10.9 Å². The molecule has 2 aromatic rings. The fourth-order valence-electron chi connectivity index (χ4n) is 1.22. The third-order valence-corrected chi connectivity index (χ3v) is 2.12. The van der Waals surface area contributed by atoms with Crippen LogP contribution in [-0.4, -0.2) is 14.8 Å². The van der Waals surface area contributed by atoms with Crippen molar-refractivity contribution in [3.05, 3.63) is 23.1 Å². The highest BCUT2D eigenvalue weighted by Gasteiger charge is 2.04. The number of hydrogen-bond acceptors (Lipinski definition) is 2. The fraction of sp³-hybridized carbons (Fsp3) is 0.250. The molecule has 2 rings (SSSR count). The first kappa shape index (κ1) is 7.55. The van der Waals surface area contributed by atoms with Crippen LogP contribution in [0.2, 0.25) is 5.15 Å². The van der Waals surface area contributed by atoms with Gasteiger partial charge in [-0.05, 0) is 13.0 Å². The van der Waals surface area contributed by atoms with Crippen LogP contribution >= 0.6 is 11.6 Å². The quantitative estimate of drug-likeness (QED) is 0.582. The van der Waals surface area contributed by atoms with Crippen molar-refractivity contribution >= 4 is 22.5 Å². The predicted octanol–water partition coefficient (Wildman–Crippen LogP) is 1.93. The molecule has 2 aromatic heterocycles. The molecule has 0 aliphatic heterocycles. The molecule has 0 spiro atoms. The van der Waals surface area contributed by atoms with Crippen molar-refractivity contribution in [3.63, 3.8) is 0 Å². The van der Waals surface area contributed by atoms with Crippen LogP contribution in [0.5, 0.6) is 0 Å². The first-order valence-corrected chi connectivity index (χ1v) is 4.01. The summed E-state index contributed by atoms with van der Waals surface area (Å²) in [5.41, 5.74) is 1.93. The molecule has 0 unspecified atom stereocenters. The van der Waals surface area contributed by atoms with Gasteiger partial charge in [0.2, 0.25) is 0 Å². The second-order valence-electron chi connectivity index (χ2n) is 2.76. The van der Waals surface area contributed by atoms with E-state index in [-0.39, 0.29) is 0 Å². The SMILES string of the molecule is Cc1cc2c(cnn2C)c(Cl)n1. The lowest BCUT2D eigenvalue weighted by Crippen LogP contribution is -1.90. The Morgan fingerprint density at radius 3 is 3.00 bits per heavy atom. The molecule has 0 saturated carbocycles. The molecule has 3 nitrogen and oxygen atoms in total. The molecule has 0 radical (unpaired) electrons. The van der Waals surface area contributed by atoms with Gasteiger partial charge in [0.05, 0.1) is 17.1 Å². The van der Waals surface area contributed by atoms with Gasteiger partial charge in [-0.15, -0.1) is 0 Å². The van der Waals surface area contributed by atoms with Crippen LogP contribution in [-0.2, 0) is 7.05 Å². The number of pyridine rings is 1. The Balaban J connectivity index is 2.92. The molecule has 2 heterocycles. The fourth-order valence-corrected chi connectivity index (χ4v) is 1.50. The molecule has 0 aliphatic rings. The van der Waals surface area contributed by atoms with Crippen LogP contribution in [0.1, 0.15) is 5.69 Å². The molecule has 12 heavy (non-hydrogen) atoms. The van der Waals surface area contributed by atoms with Crippen LogP contribution in [0, 0.1) is 6.92 Å². The summed E-state index contributed by atoms with van der Waals surface area (Å²) in [4.78, 5) is 4.13. The van der Waals surface area contributed by atoms with Gasteiger partial charge < -0.3 is 0 Å².